The molecule has 0 saturated carbocycles. The number of benzene rings is 3. The second-order valence-electron chi connectivity index (χ2n) is 7.78. The zero-order chi connectivity index (χ0) is 25.5. The Kier molecular flexibility index (Phi) is 8.56. The van der Waals surface area contributed by atoms with E-state index in [4.69, 9.17) is 16.3 Å². The fraction of sp³-hybridized carbons (Fsp3) is 0.154. The molecule has 0 fully saturated rings. The van der Waals surface area contributed by atoms with E-state index in [-0.39, 0.29) is 29.7 Å². The average molecular weight is 532 g/mol. The monoisotopic (exact) mass is 531 g/mol. The maximum Gasteiger partial charge on any atom is 0.333 e. The van der Waals surface area contributed by atoms with Gasteiger partial charge < -0.3 is 10.1 Å². The van der Waals surface area contributed by atoms with Crippen LogP contribution in [-0.4, -0.2) is 15.7 Å². The molecule has 0 atom stereocenters. The minimum absolute atomic E-state index is 0.00933. The first kappa shape index (κ1) is 25.7. The van der Waals surface area contributed by atoms with Gasteiger partial charge in [0.15, 0.2) is 5.75 Å². The molecule has 186 valence electrons. The van der Waals surface area contributed by atoms with Crippen LogP contribution in [0.3, 0.4) is 0 Å². The second-order valence-corrected chi connectivity index (χ2v) is 9.20. The van der Waals surface area contributed by atoms with E-state index in [2.05, 4.69) is 10.4 Å². The lowest BCUT2D eigenvalue weighted by atomic mass is 10.1. The number of hydrogen-bond donors (Lipinski definition) is 1. The predicted octanol–water partition coefficient (Wildman–Crippen LogP) is 7.12. The lowest BCUT2D eigenvalue weighted by molar-refractivity contribution is -0.115. The molecular weight excluding hydrogens is 511 g/mol. The van der Waals surface area contributed by atoms with Gasteiger partial charge in [-0.05, 0) is 35.4 Å². The van der Waals surface area contributed by atoms with Crippen LogP contribution in [0.2, 0.25) is 5.02 Å². The highest BCUT2D eigenvalue weighted by Crippen LogP contribution is 2.30. The minimum atomic E-state index is -2.74. The van der Waals surface area contributed by atoms with Crippen molar-refractivity contribution in [3.63, 3.8) is 0 Å². The molecule has 0 saturated heterocycles. The Morgan fingerprint density at radius 2 is 1.86 bits per heavy atom. The highest BCUT2D eigenvalue weighted by atomic mass is 35.5. The smallest absolute Gasteiger partial charge is 0.333 e. The first-order valence-corrected chi connectivity index (χ1v) is 12.2. The number of anilines is 1. The molecule has 1 N–H and O–H groups in total. The van der Waals surface area contributed by atoms with Crippen LogP contribution in [0.4, 0.5) is 18.9 Å². The van der Waals surface area contributed by atoms with Crippen LogP contribution < -0.4 is 10.1 Å². The summed E-state index contributed by atoms with van der Waals surface area (Å²) >= 11 is 7.60. The number of carbonyl (C=O) groups excluding carboxylic acids is 1. The zero-order valence-electron chi connectivity index (χ0n) is 18.8. The summed E-state index contributed by atoms with van der Waals surface area (Å²) in [5, 5.41) is 6.61. The maximum absolute atomic E-state index is 13.3. The van der Waals surface area contributed by atoms with Crippen molar-refractivity contribution in [2.45, 2.75) is 30.2 Å². The molecule has 0 aliphatic carbocycles. The van der Waals surface area contributed by atoms with E-state index < -0.39 is 12.4 Å². The molecule has 0 spiro atoms. The van der Waals surface area contributed by atoms with Gasteiger partial charge in [-0.2, -0.15) is 13.9 Å². The van der Waals surface area contributed by atoms with Gasteiger partial charge in [0.05, 0.1) is 18.8 Å². The third-order valence-corrected chi connectivity index (χ3v) is 6.65. The van der Waals surface area contributed by atoms with Crippen molar-refractivity contribution in [3.05, 3.63) is 107 Å². The molecule has 1 amide bonds. The van der Waals surface area contributed by atoms with Gasteiger partial charge in [-0.3, -0.25) is 4.79 Å². The number of aromatic nitrogens is 2. The molecule has 36 heavy (non-hydrogen) atoms. The lowest BCUT2D eigenvalue weighted by Crippen LogP contribution is -2.15. The number of thioether (sulfide) groups is 1. The van der Waals surface area contributed by atoms with Crippen molar-refractivity contribution in [2.75, 3.05) is 5.32 Å². The summed E-state index contributed by atoms with van der Waals surface area (Å²) in [4.78, 5) is 13.5. The Hall–Kier alpha value is -3.43. The predicted molar refractivity (Wildman–Crippen MR) is 134 cm³/mol. The summed E-state index contributed by atoms with van der Waals surface area (Å²) in [6.07, 6.45) is 2.36. The van der Waals surface area contributed by atoms with Crippen LogP contribution in [0.25, 0.3) is 0 Å². The summed E-state index contributed by atoms with van der Waals surface area (Å²) < 4.78 is 45.0. The van der Waals surface area contributed by atoms with Crippen molar-refractivity contribution in [2.24, 2.45) is 0 Å². The van der Waals surface area contributed by atoms with E-state index in [0.717, 1.165) is 22.2 Å². The van der Waals surface area contributed by atoms with E-state index in [0.29, 0.717) is 21.7 Å². The number of nitrogens with one attached hydrogen (secondary N) is 1. The summed E-state index contributed by atoms with van der Waals surface area (Å²) in [5.74, 6) is 0.136. The van der Waals surface area contributed by atoms with Crippen molar-refractivity contribution in [3.8, 4) is 5.75 Å². The molecule has 0 aliphatic rings. The summed E-state index contributed by atoms with van der Waals surface area (Å²) in [5.41, 5.74) is 3.03. The van der Waals surface area contributed by atoms with Gasteiger partial charge in [0.2, 0.25) is 5.91 Å². The van der Waals surface area contributed by atoms with Crippen LogP contribution in [-0.2, 0) is 23.6 Å². The molecule has 10 heteroatoms. The average Bonchev–Trinajstić information content (AvgIpc) is 3.34. The molecule has 3 aromatic carbocycles. The number of halogens is 4. The highest BCUT2D eigenvalue weighted by Gasteiger charge is 2.13. The molecule has 5 nitrogen and oxygen atoms in total. The zero-order valence-corrected chi connectivity index (χ0v) is 20.4. The molecular formula is C26H21ClF3N3O2S. The lowest BCUT2D eigenvalue weighted by Gasteiger charge is -2.13. The SMILES string of the molecule is O=C(Cc1ccc(F)cc1Cl)Nc1ccc(COc2cnn(C(F)F)c2)c(SCc2ccccc2)c1. The quantitative estimate of drug-likeness (QED) is 0.221. The molecule has 0 bridgehead atoms. The summed E-state index contributed by atoms with van der Waals surface area (Å²) in [7, 11) is 0. The summed E-state index contributed by atoms with van der Waals surface area (Å²) in [6.45, 7) is -2.61. The first-order chi connectivity index (χ1) is 17.4. The number of alkyl halides is 2. The van der Waals surface area contributed by atoms with Crippen LogP contribution in [0, 0.1) is 5.82 Å². The number of nitrogens with zero attached hydrogens (tertiary/aromatic N) is 2. The summed E-state index contributed by atoms with van der Waals surface area (Å²) in [6, 6.07) is 19.2. The standard InChI is InChI=1S/C26H21ClF3N3O2S/c27-23-11-20(28)8-6-18(23)10-25(34)32-21-9-7-19(15-35-22-13-31-33(14-22)26(29)30)24(12-21)36-16-17-4-2-1-3-5-17/h1-9,11-14,26H,10,15-16H2,(H,32,34). The number of ether oxygens (including phenoxy) is 1. The maximum atomic E-state index is 13.3. The van der Waals surface area contributed by atoms with Crippen molar-refractivity contribution in [1.82, 2.24) is 9.78 Å². The van der Waals surface area contributed by atoms with E-state index >= 15 is 0 Å². The molecule has 0 aliphatic heterocycles. The molecule has 4 aromatic rings. The Bertz CT molecular complexity index is 1340. The Labute approximate surface area is 215 Å². The third-order valence-electron chi connectivity index (χ3n) is 5.13. The Morgan fingerprint density at radius 3 is 2.58 bits per heavy atom. The van der Waals surface area contributed by atoms with Gasteiger partial charge in [-0.15, -0.1) is 11.8 Å². The normalized spacial score (nSPS) is 11.0. The third kappa shape index (κ3) is 7.05. The fourth-order valence-electron chi connectivity index (χ4n) is 3.33. The number of hydrogen-bond acceptors (Lipinski definition) is 4. The van der Waals surface area contributed by atoms with Crippen LogP contribution in [0.1, 0.15) is 23.2 Å². The van der Waals surface area contributed by atoms with Crippen LogP contribution in [0.5, 0.6) is 5.75 Å². The fourth-order valence-corrected chi connectivity index (χ4v) is 4.60. The van der Waals surface area contributed by atoms with Crippen LogP contribution >= 0.6 is 23.4 Å². The van der Waals surface area contributed by atoms with E-state index in [1.807, 2.05) is 42.5 Å². The minimum Gasteiger partial charge on any atom is -0.486 e. The van der Waals surface area contributed by atoms with Gasteiger partial charge >= 0.3 is 6.55 Å². The van der Waals surface area contributed by atoms with Crippen molar-refractivity contribution >= 4 is 35.0 Å². The second kappa shape index (κ2) is 12.0. The van der Waals surface area contributed by atoms with Gasteiger partial charge in [0, 0.05) is 26.9 Å². The molecule has 1 aromatic heterocycles. The topological polar surface area (TPSA) is 56.1 Å². The molecule has 1 heterocycles. The Balaban J connectivity index is 1.48. The van der Waals surface area contributed by atoms with E-state index in [1.165, 1.54) is 24.4 Å². The number of carbonyl (C=O) groups is 1. The van der Waals surface area contributed by atoms with Crippen molar-refractivity contribution in [1.29, 1.82) is 0 Å². The van der Waals surface area contributed by atoms with Crippen molar-refractivity contribution < 1.29 is 22.7 Å². The van der Waals surface area contributed by atoms with E-state index in [1.54, 1.807) is 17.8 Å². The number of amides is 1. The van der Waals surface area contributed by atoms with E-state index in [9.17, 15) is 18.0 Å². The molecule has 0 radical (unpaired) electrons. The van der Waals surface area contributed by atoms with Gasteiger partial charge in [0.1, 0.15) is 12.4 Å². The van der Waals surface area contributed by atoms with Gasteiger partial charge in [0.25, 0.3) is 0 Å². The van der Waals surface area contributed by atoms with Gasteiger partial charge in [-0.1, -0.05) is 54.1 Å². The first-order valence-electron chi connectivity index (χ1n) is 10.9. The highest BCUT2D eigenvalue weighted by molar-refractivity contribution is 7.98. The number of rotatable bonds is 10. The largest absolute Gasteiger partial charge is 0.486 e. The molecule has 4 rings (SSSR count). The van der Waals surface area contributed by atoms with Gasteiger partial charge in [-0.25, -0.2) is 9.07 Å². The Morgan fingerprint density at radius 1 is 1.08 bits per heavy atom. The van der Waals surface area contributed by atoms with Crippen LogP contribution in [0.15, 0.2) is 84.0 Å². The molecule has 0 unspecified atom stereocenters.